The van der Waals surface area contributed by atoms with Crippen LogP contribution in [0.3, 0.4) is 0 Å². The molecule has 0 aromatic heterocycles. The summed E-state index contributed by atoms with van der Waals surface area (Å²) < 4.78 is 5.40. The number of rotatable bonds is 7. The van der Waals surface area contributed by atoms with Crippen LogP contribution in [0.1, 0.15) is 43.7 Å². The van der Waals surface area contributed by atoms with E-state index in [2.05, 4.69) is 46.7 Å². The molecule has 3 rings (SSSR count). The van der Waals surface area contributed by atoms with Gasteiger partial charge >= 0.3 is 0 Å². The van der Waals surface area contributed by atoms with E-state index < -0.39 is 5.41 Å². The number of carbonyl (C=O) groups excluding carboxylic acids is 1. The van der Waals surface area contributed by atoms with Crippen LogP contribution in [-0.2, 0) is 22.6 Å². The summed E-state index contributed by atoms with van der Waals surface area (Å²) in [5, 5.41) is 6.56. The minimum atomic E-state index is -0.391. The summed E-state index contributed by atoms with van der Waals surface area (Å²) in [6, 6.07) is 8.52. The van der Waals surface area contributed by atoms with Crippen molar-refractivity contribution in [1.29, 1.82) is 0 Å². The number of benzene rings is 1. The van der Waals surface area contributed by atoms with Crippen LogP contribution >= 0.6 is 24.8 Å². The first-order valence-electron chi connectivity index (χ1n) is 10.4. The van der Waals surface area contributed by atoms with Crippen molar-refractivity contribution < 1.29 is 9.53 Å². The Kier molecular flexibility index (Phi) is 11.5. The Hall–Kier alpha value is -0.850. The Balaban J connectivity index is 0.00000210. The van der Waals surface area contributed by atoms with Crippen LogP contribution in [0, 0.1) is 11.3 Å². The summed E-state index contributed by atoms with van der Waals surface area (Å²) >= 11 is 0. The molecule has 0 radical (unpaired) electrons. The van der Waals surface area contributed by atoms with Crippen molar-refractivity contribution in [2.75, 3.05) is 39.9 Å². The van der Waals surface area contributed by atoms with Crippen molar-refractivity contribution in [3.8, 4) is 0 Å². The molecule has 29 heavy (non-hydrogen) atoms. The van der Waals surface area contributed by atoms with Gasteiger partial charge in [0.15, 0.2) is 0 Å². The first-order chi connectivity index (χ1) is 13.1. The van der Waals surface area contributed by atoms with Crippen LogP contribution in [0.25, 0.3) is 0 Å². The molecule has 2 heterocycles. The van der Waals surface area contributed by atoms with Crippen molar-refractivity contribution in [1.82, 2.24) is 15.5 Å². The maximum Gasteiger partial charge on any atom is 0.228 e. The molecule has 1 amide bonds. The molecule has 0 unspecified atom stereocenters. The highest BCUT2D eigenvalue weighted by atomic mass is 35.5. The normalized spacial score (nSPS) is 19.7. The zero-order valence-electron chi connectivity index (χ0n) is 17.7. The highest BCUT2D eigenvalue weighted by Crippen LogP contribution is 2.29. The van der Waals surface area contributed by atoms with Crippen LogP contribution in [-0.4, -0.2) is 50.7 Å². The molecule has 5 nitrogen and oxygen atoms in total. The Morgan fingerprint density at radius 1 is 1.17 bits per heavy atom. The second-order valence-corrected chi connectivity index (χ2v) is 8.37. The predicted molar refractivity (Wildman–Crippen MR) is 123 cm³/mol. The lowest BCUT2D eigenvalue weighted by atomic mass is 9.78. The summed E-state index contributed by atoms with van der Waals surface area (Å²) in [6.45, 7) is 8.51. The average Bonchev–Trinajstić information content (AvgIpc) is 2.70. The second kappa shape index (κ2) is 12.8. The Morgan fingerprint density at radius 3 is 2.41 bits per heavy atom. The molecule has 0 saturated carbocycles. The quantitative estimate of drug-likeness (QED) is 0.674. The number of hydrogen-bond acceptors (Lipinski definition) is 4. The second-order valence-electron chi connectivity index (χ2n) is 8.37. The van der Waals surface area contributed by atoms with Gasteiger partial charge in [-0.25, -0.2) is 0 Å². The molecule has 0 aliphatic carbocycles. The first-order valence-corrected chi connectivity index (χ1v) is 10.4. The van der Waals surface area contributed by atoms with Crippen LogP contribution in [0.5, 0.6) is 0 Å². The molecule has 0 spiro atoms. The number of hydrogen-bond donors (Lipinski definition) is 2. The van der Waals surface area contributed by atoms with E-state index in [4.69, 9.17) is 4.74 Å². The fraction of sp³-hybridized carbons (Fsp3) is 0.682. The van der Waals surface area contributed by atoms with Crippen molar-refractivity contribution in [2.45, 2.75) is 45.7 Å². The van der Waals surface area contributed by atoms with Gasteiger partial charge in [0.2, 0.25) is 5.91 Å². The van der Waals surface area contributed by atoms with Crippen LogP contribution in [0.2, 0.25) is 0 Å². The van der Waals surface area contributed by atoms with Gasteiger partial charge in [0.1, 0.15) is 0 Å². The lowest BCUT2D eigenvalue weighted by molar-refractivity contribution is -0.136. The molecule has 0 bridgehead atoms. The average molecular weight is 446 g/mol. The van der Waals surface area contributed by atoms with E-state index >= 15 is 0 Å². The first kappa shape index (κ1) is 26.2. The monoisotopic (exact) mass is 445 g/mol. The van der Waals surface area contributed by atoms with Crippen LogP contribution in [0.15, 0.2) is 24.3 Å². The van der Waals surface area contributed by atoms with E-state index in [-0.39, 0.29) is 30.7 Å². The third-order valence-electron chi connectivity index (χ3n) is 6.29. The summed E-state index contributed by atoms with van der Waals surface area (Å²) in [5.41, 5.74) is 2.17. The largest absolute Gasteiger partial charge is 0.384 e. The number of nitrogens with one attached hydrogen (secondary N) is 2. The number of nitrogens with zero attached hydrogens (tertiary/aromatic N) is 1. The lowest BCUT2D eigenvalue weighted by Gasteiger charge is -2.35. The van der Waals surface area contributed by atoms with Crippen LogP contribution < -0.4 is 10.6 Å². The number of methoxy groups -OCH3 is 1. The molecule has 1 aromatic carbocycles. The fourth-order valence-electron chi connectivity index (χ4n) is 4.33. The number of carbonyl (C=O) groups is 1. The summed E-state index contributed by atoms with van der Waals surface area (Å²) in [5.74, 6) is 0.977. The summed E-state index contributed by atoms with van der Waals surface area (Å²) in [7, 11) is 1.69. The highest BCUT2D eigenvalue weighted by molar-refractivity contribution is 5.85. The van der Waals surface area contributed by atoms with E-state index in [1.54, 1.807) is 7.11 Å². The van der Waals surface area contributed by atoms with Crippen molar-refractivity contribution in [2.24, 2.45) is 11.3 Å². The molecule has 2 N–H and O–H groups in total. The van der Waals surface area contributed by atoms with Crippen molar-refractivity contribution in [3.63, 3.8) is 0 Å². The molecule has 7 heteroatoms. The molecular weight excluding hydrogens is 409 g/mol. The van der Waals surface area contributed by atoms with Gasteiger partial charge in [-0.2, -0.15) is 0 Å². The molecule has 2 aliphatic heterocycles. The minimum Gasteiger partial charge on any atom is -0.384 e. The number of halogens is 2. The zero-order chi connectivity index (χ0) is 19.1. The van der Waals surface area contributed by atoms with Gasteiger partial charge in [0.25, 0.3) is 0 Å². The van der Waals surface area contributed by atoms with Gasteiger partial charge in [0.05, 0.1) is 12.0 Å². The Morgan fingerprint density at radius 2 is 1.79 bits per heavy atom. The third kappa shape index (κ3) is 7.11. The van der Waals surface area contributed by atoms with Gasteiger partial charge in [0, 0.05) is 20.2 Å². The highest BCUT2D eigenvalue weighted by Gasteiger charge is 2.39. The topological polar surface area (TPSA) is 53.6 Å². The standard InChI is InChI=1S/C22H35N3O2.2ClH/c1-18-7-13-25(14-8-18)16-20-6-4-3-5-19(20)15-24-21(26)22(17-27-2)9-11-23-12-10-22;;/h3-6,18,23H,7-17H2,1-2H3,(H,24,26);2*1H. The van der Waals surface area contributed by atoms with E-state index in [0.29, 0.717) is 13.2 Å². The Labute approximate surface area is 188 Å². The molecule has 2 aliphatic rings. The molecule has 1 aromatic rings. The van der Waals surface area contributed by atoms with Crippen LogP contribution in [0.4, 0.5) is 0 Å². The fourth-order valence-corrected chi connectivity index (χ4v) is 4.33. The van der Waals surface area contributed by atoms with Gasteiger partial charge in [-0.05, 0) is 68.9 Å². The number of ether oxygens (including phenoxy) is 1. The number of likely N-dealkylation sites (tertiary alicyclic amines) is 1. The zero-order valence-corrected chi connectivity index (χ0v) is 19.4. The lowest BCUT2D eigenvalue weighted by Crippen LogP contribution is -2.50. The SMILES string of the molecule is COCC1(C(=O)NCc2ccccc2CN2CCC(C)CC2)CCNCC1.Cl.Cl. The van der Waals surface area contributed by atoms with Crippen molar-refractivity contribution >= 4 is 30.7 Å². The summed E-state index contributed by atoms with van der Waals surface area (Å²) in [6.07, 6.45) is 4.24. The van der Waals surface area contributed by atoms with E-state index in [1.807, 2.05) is 0 Å². The maximum absolute atomic E-state index is 13.0. The minimum absolute atomic E-state index is 0. The molecule has 166 valence electrons. The third-order valence-corrected chi connectivity index (χ3v) is 6.29. The number of amides is 1. The smallest absolute Gasteiger partial charge is 0.228 e. The summed E-state index contributed by atoms with van der Waals surface area (Å²) in [4.78, 5) is 15.5. The Bertz CT molecular complexity index is 610. The molecular formula is C22H37Cl2N3O2. The van der Waals surface area contributed by atoms with Crippen molar-refractivity contribution in [3.05, 3.63) is 35.4 Å². The maximum atomic E-state index is 13.0. The number of piperidine rings is 2. The van der Waals surface area contributed by atoms with Gasteiger partial charge in [-0.1, -0.05) is 31.2 Å². The molecule has 0 atom stereocenters. The van der Waals surface area contributed by atoms with Gasteiger partial charge in [-0.3, -0.25) is 9.69 Å². The van der Waals surface area contributed by atoms with E-state index in [9.17, 15) is 4.79 Å². The molecule has 2 saturated heterocycles. The predicted octanol–water partition coefficient (Wildman–Crippen LogP) is 3.39. The van der Waals surface area contributed by atoms with Gasteiger partial charge < -0.3 is 15.4 Å². The van der Waals surface area contributed by atoms with E-state index in [1.165, 1.54) is 37.1 Å². The van der Waals surface area contributed by atoms with Gasteiger partial charge in [-0.15, -0.1) is 24.8 Å². The van der Waals surface area contributed by atoms with E-state index in [0.717, 1.165) is 38.4 Å². The molecule has 2 fully saturated rings.